The van der Waals surface area contributed by atoms with E-state index in [1.54, 1.807) is 0 Å². The fourth-order valence-corrected chi connectivity index (χ4v) is 2.12. The third-order valence-corrected chi connectivity index (χ3v) is 3.68. The second-order valence-electron chi connectivity index (χ2n) is 7.33. The number of hydrogen-bond acceptors (Lipinski definition) is 6. The van der Waals surface area contributed by atoms with E-state index in [-0.39, 0.29) is 19.3 Å². The van der Waals surface area contributed by atoms with E-state index in [0.717, 1.165) is 0 Å². The van der Waals surface area contributed by atoms with Gasteiger partial charge in [-0.15, -0.1) is 0 Å². The van der Waals surface area contributed by atoms with Gasteiger partial charge in [-0.1, -0.05) is 59.8 Å². The van der Waals surface area contributed by atoms with Gasteiger partial charge in [-0.2, -0.15) is 37.9 Å². The summed E-state index contributed by atoms with van der Waals surface area (Å²) in [5, 5.41) is 23.6. The van der Waals surface area contributed by atoms with Crippen molar-refractivity contribution < 1.29 is 29.7 Å². The predicted octanol–water partition coefficient (Wildman–Crippen LogP) is 5.57. The molecule has 3 N–H and O–H groups in total. The molecule has 0 spiro atoms. The van der Waals surface area contributed by atoms with Crippen molar-refractivity contribution in [2.75, 3.05) is 17.3 Å². The molecule has 0 aromatic heterocycles. The van der Waals surface area contributed by atoms with Crippen molar-refractivity contribution >= 4 is 55.8 Å². The topological polar surface area (TPSA) is 112 Å². The summed E-state index contributed by atoms with van der Waals surface area (Å²) in [5.41, 5.74) is 0.548. The summed E-state index contributed by atoms with van der Waals surface area (Å²) in [4.78, 5) is 28.7. The van der Waals surface area contributed by atoms with Gasteiger partial charge in [0, 0.05) is 17.3 Å². The van der Waals surface area contributed by atoms with Crippen molar-refractivity contribution in [1.29, 1.82) is 0 Å². The van der Waals surface area contributed by atoms with Crippen LogP contribution < -0.4 is 0 Å². The second-order valence-corrected chi connectivity index (χ2v) is 8.67. The van der Waals surface area contributed by atoms with E-state index in [2.05, 4.69) is 65.6 Å². The standard InChI is InChI=1S/C11H24.3C3H6O2S/c1-5-6-7-8-9-10-11(2,3)4;3*4-3(5)1-2-6/h5-10H2,1-4H3;3*6H,1-2H2,(H,4,5). The molecule has 0 aliphatic carbocycles. The Hall–Kier alpha value is -0.540. The summed E-state index contributed by atoms with van der Waals surface area (Å²) in [7, 11) is 0. The summed E-state index contributed by atoms with van der Waals surface area (Å²) in [6.07, 6.45) is 8.92. The van der Waals surface area contributed by atoms with Crippen LogP contribution in [0.5, 0.6) is 0 Å². The number of carbonyl (C=O) groups is 3. The van der Waals surface area contributed by atoms with E-state index in [9.17, 15) is 14.4 Å². The normalized spacial score (nSPS) is 9.62. The van der Waals surface area contributed by atoms with Crippen LogP contribution in [0.15, 0.2) is 0 Å². The van der Waals surface area contributed by atoms with Crippen molar-refractivity contribution in [2.24, 2.45) is 5.41 Å². The first-order valence-electron chi connectivity index (χ1n) is 9.85. The van der Waals surface area contributed by atoms with Gasteiger partial charge in [0.1, 0.15) is 0 Å². The monoisotopic (exact) mass is 474 g/mol. The Morgan fingerprint density at radius 1 is 0.655 bits per heavy atom. The molecule has 0 fully saturated rings. The van der Waals surface area contributed by atoms with E-state index in [1.165, 1.54) is 38.5 Å². The molecule has 9 heteroatoms. The third-order valence-electron chi connectivity index (χ3n) is 3.01. The van der Waals surface area contributed by atoms with Crippen molar-refractivity contribution in [1.82, 2.24) is 0 Å². The van der Waals surface area contributed by atoms with E-state index in [0.29, 0.717) is 22.7 Å². The smallest absolute Gasteiger partial charge is 0.304 e. The number of aliphatic carboxylic acids is 3. The molecule has 0 saturated carbocycles. The lowest BCUT2D eigenvalue weighted by atomic mass is 9.89. The van der Waals surface area contributed by atoms with Gasteiger partial charge in [-0.05, 0) is 11.8 Å². The Morgan fingerprint density at radius 3 is 1.14 bits per heavy atom. The van der Waals surface area contributed by atoms with Gasteiger partial charge in [-0.25, -0.2) is 0 Å². The maximum absolute atomic E-state index is 9.55. The SMILES string of the molecule is CCCCCCCC(C)(C)C.O=C(O)CCS.O=C(O)CCS.O=C(O)CCS. The molecule has 6 nitrogen and oxygen atoms in total. The maximum Gasteiger partial charge on any atom is 0.304 e. The molecule has 0 rings (SSSR count). The van der Waals surface area contributed by atoms with Crippen LogP contribution in [0, 0.1) is 5.41 Å². The molecule has 176 valence electrons. The number of unbranched alkanes of at least 4 members (excludes halogenated alkanes) is 4. The zero-order chi connectivity index (χ0) is 23.7. The Bertz CT molecular complexity index is 347. The molecule has 0 aromatic carbocycles. The molecule has 29 heavy (non-hydrogen) atoms. The Labute approximate surface area is 193 Å². The highest BCUT2D eigenvalue weighted by atomic mass is 32.1. The zero-order valence-corrected chi connectivity index (χ0v) is 21.1. The lowest BCUT2D eigenvalue weighted by molar-refractivity contribution is -0.137. The summed E-state index contributed by atoms with van der Waals surface area (Å²) in [6, 6.07) is 0. The number of thiol groups is 3. The van der Waals surface area contributed by atoms with Crippen molar-refractivity contribution in [3.8, 4) is 0 Å². The first kappa shape index (κ1) is 35.9. The Kier molecular flexibility index (Phi) is 34.0. The fourth-order valence-electron chi connectivity index (χ4n) is 1.55. The first-order valence-corrected chi connectivity index (χ1v) is 11.8. The van der Waals surface area contributed by atoms with Crippen LogP contribution in [-0.4, -0.2) is 50.5 Å². The van der Waals surface area contributed by atoms with Crippen LogP contribution in [-0.2, 0) is 14.4 Å². The van der Waals surface area contributed by atoms with Crippen LogP contribution in [0.1, 0.15) is 85.5 Å². The van der Waals surface area contributed by atoms with Gasteiger partial charge in [0.15, 0.2) is 0 Å². The summed E-state index contributed by atoms with van der Waals surface area (Å²) >= 11 is 11.0. The molecule has 0 unspecified atom stereocenters. The molecule has 0 aliphatic rings. The van der Waals surface area contributed by atoms with Gasteiger partial charge in [0.25, 0.3) is 0 Å². The van der Waals surface area contributed by atoms with Crippen LogP contribution in [0.25, 0.3) is 0 Å². The summed E-state index contributed by atoms with van der Waals surface area (Å²) in [5.74, 6) is -1.08. The highest BCUT2D eigenvalue weighted by Crippen LogP contribution is 2.22. The maximum atomic E-state index is 9.55. The van der Waals surface area contributed by atoms with Gasteiger partial charge >= 0.3 is 17.9 Å². The molecule has 0 atom stereocenters. The van der Waals surface area contributed by atoms with Crippen LogP contribution in [0.3, 0.4) is 0 Å². The van der Waals surface area contributed by atoms with Crippen LogP contribution >= 0.6 is 37.9 Å². The van der Waals surface area contributed by atoms with Crippen molar-refractivity contribution in [3.05, 3.63) is 0 Å². The number of rotatable bonds is 11. The minimum atomic E-state index is -0.787. The highest BCUT2D eigenvalue weighted by Gasteiger charge is 2.08. The van der Waals surface area contributed by atoms with Crippen molar-refractivity contribution in [2.45, 2.75) is 85.5 Å². The number of carboxylic acid groups (broad SMARTS) is 3. The highest BCUT2D eigenvalue weighted by molar-refractivity contribution is 7.80. The van der Waals surface area contributed by atoms with E-state index in [1.807, 2.05) is 0 Å². The lowest BCUT2D eigenvalue weighted by Gasteiger charge is -2.17. The summed E-state index contributed by atoms with van der Waals surface area (Å²) < 4.78 is 0. The lowest BCUT2D eigenvalue weighted by Crippen LogP contribution is -2.03. The number of carboxylic acids is 3. The molecular weight excluding hydrogens is 432 g/mol. The van der Waals surface area contributed by atoms with E-state index >= 15 is 0 Å². The average molecular weight is 475 g/mol. The molecule has 0 saturated heterocycles. The summed E-state index contributed by atoms with van der Waals surface area (Å²) in [6.45, 7) is 9.25. The van der Waals surface area contributed by atoms with Gasteiger partial charge in [-0.3, -0.25) is 14.4 Å². The average Bonchev–Trinajstić information content (AvgIpc) is 2.55. The molecule has 0 aromatic rings. The molecule has 0 bridgehead atoms. The molecule has 0 heterocycles. The Morgan fingerprint density at radius 2 is 0.966 bits per heavy atom. The van der Waals surface area contributed by atoms with Gasteiger partial charge in [0.2, 0.25) is 0 Å². The molecule has 0 amide bonds. The first-order chi connectivity index (χ1) is 13.4. The molecule has 0 aliphatic heterocycles. The molecule has 0 radical (unpaired) electrons. The fraction of sp³-hybridized carbons (Fsp3) is 0.850. The van der Waals surface area contributed by atoms with Crippen LogP contribution in [0.4, 0.5) is 0 Å². The van der Waals surface area contributed by atoms with E-state index in [4.69, 9.17) is 15.3 Å². The minimum Gasteiger partial charge on any atom is -0.481 e. The zero-order valence-electron chi connectivity index (χ0n) is 18.4. The van der Waals surface area contributed by atoms with Gasteiger partial charge in [0.05, 0.1) is 19.3 Å². The second kappa shape index (κ2) is 27.5. The predicted molar refractivity (Wildman–Crippen MR) is 131 cm³/mol. The molecular formula is C20H42O6S3. The third kappa shape index (κ3) is 65.7. The van der Waals surface area contributed by atoms with Crippen molar-refractivity contribution in [3.63, 3.8) is 0 Å². The number of hydrogen-bond donors (Lipinski definition) is 6. The van der Waals surface area contributed by atoms with E-state index < -0.39 is 17.9 Å². The largest absolute Gasteiger partial charge is 0.481 e. The Balaban J connectivity index is -0.000000151. The quantitative estimate of drug-likeness (QED) is 0.173. The minimum absolute atomic E-state index is 0.156. The van der Waals surface area contributed by atoms with Crippen LogP contribution in [0.2, 0.25) is 0 Å². The van der Waals surface area contributed by atoms with Gasteiger partial charge < -0.3 is 15.3 Å².